The molecule has 0 aliphatic heterocycles. The molecule has 3 aromatic rings. The van der Waals surface area contributed by atoms with E-state index < -0.39 is 11.6 Å². The van der Waals surface area contributed by atoms with Gasteiger partial charge in [0.1, 0.15) is 12.3 Å². The largest absolute Gasteiger partial charge is 0.493 e. The Balaban J connectivity index is 1.67. The maximum Gasteiger partial charge on any atom is 0.345 e. The number of aryl methyl sites for hydroxylation is 3. The summed E-state index contributed by atoms with van der Waals surface area (Å²) in [4.78, 5) is 29.6. The lowest BCUT2D eigenvalue weighted by molar-refractivity contribution is 0.0949. The van der Waals surface area contributed by atoms with Crippen LogP contribution in [0.5, 0.6) is 11.5 Å². The number of amides is 1. The molecule has 8 nitrogen and oxygen atoms in total. The average molecular weight is 420 g/mol. The van der Waals surface area contributed by atoms with Crippen LogP contribution in [0.4, 0.5) is 0 Å². The van der Waals surface area contributed by atoms with E-state index in [-0.39, 0.29) is 5.69 Å². The molecule has 1 aromatic heterocycles. The molecule has 0 aliphatic rings. The summed E-state index contributed by atoms with van der Waals surface area (Å²) in [6.45, 7) is 6.18. The van der Waals surface area contributed by atoms with Crippen LogP contribution in [0.2, 0.25) is 0 Å². The highest BCUT2D eigenvalue weighted by molar-refractivity contribution is 5.93. The molecular formula is C23H24N4O4. The molecule has 0 radical (unpaired) electrons. The quantitative estimate of drug-likeness (QED) is 0.451. The van der Waals surface area contributed by atoms with Crippen molar-refractivity contribution in [1.29, 1.82) is 0 Å². The second-order valence-electron chi connectivity index (χ2n) is 7.08. The van der Waals surface area contributed by atoms with Crippen LogP contribution in [0.25, 0.3) is 0 Å². The Hall–Kier alpha value is -3.94. The standard InChI is InChI=1S/C23H24N4O4/c1-14-5-6-15(2)18(9-14)13-31-20-8-7-17(11-21(20)30-4)12-24-27-22(28)19-10-16(3)25-23(29)26-19/h5-12H,13H2,1-4H3,(H,27,28)(H,25,26,29)/b24-12+. The molecule has 0 spiro atoms. The summed E-state index contributed by atoms with van der Waals surface area (Å²) in [5.41, 5.74) is 6.44. The third-order valence-corrected chi connectivity index (χ3v) is 4.57. The van der Waals surface area contributed by atoms with Crippen molar-refractivity contribution in [1.82, 2.24) is 15.4 Å². The van der Waals surface area contributed by atoms with Crippen molar-refractivity contribution in [2.75, 3.05) is 7.11 Å². The van der Waals surface area contributed by atoms with Gasteiger partial charge in [0, 0.05) is 5.69 Å². The lowest BCUT2D eigenvalue weighted by Gasteiger charge is -2.13. The van der Waals surface area contributed by atoms with E-state index in [2.05, 4.69) is 38.7 Å². The molecule has 0 bridgehead atoms. The van der Waals surface area contributed by atoms with Crippen molar-refractivity contribution < 1.29 is 14.3 Å². The van der Waals surface area contributed by atoms with Crippen LogP contribution in [0, 0.1) is 20.8 Å². The molecule has 2 aromatic carbocycles. The van der Waals surface area contributed by atoms with Crippen molar-refractivity contribution in [3.63, 3.8) is 0 Å². The molecule has 0 fully saturated rings. The zero-order valence-corrected chi connectivity index (χ0v) is 17.9. The van der Waals surface area contributed by atoms with Gasteiger partial charge in [-0.1, -0.05) is 23.8 Å². The molecule has 160 valence electrons. The van der Waals surface area contributed by atoms with Gasteiger partial charge in [0.25, 0.3) is 5.91 Å². The van der Waals surface area contributed by atoms with E-state index in [1.165, 1.54) is 17.8 Å². The predicted molar refractivity (Wildman–Crippen MR) is 118 cm³/mol. The Bertz CT molecular complexity index is 1180. The minimum atomic E-state index is -0.588. The van der Waals surface area contributed by atoms with Gasteiger partial charge in [-0.3, -0.25) is 4.79 Å². The number of nitrogens with one attached hydrogen (secondary N) is 2. The number of hydrogen-bond donors (Lipinski definition) is 2. The normalized spacial score (nSPS) is 10.8. The van der Waals surface area contributed by atoms with Gasteiger partial charge < -0.3 is 14.5 Å². The van der Waals surface area contributed by atoms with Gasteiger partial charge in [0.05, 0.1) is 13.3 Å². The Morgan fingerprint density at radius 3 is 2.68 bits per heavy atom. The Morgan fingerprint density at radius 1 is 1.13 bits per heavy atom. The number of benzene rings is 2. The molecule has 0 aliphatic carbocycles. The lowest BCUT2D eigenvalue weighted by Crippen LogP contribution is -2.24. The number of hydrogen-bond acceptors (Lipinski definition) is 6. The number of hydrazone groups is 1. The summed E-state index contributed by atoms with van der Waals surface area (Å²) in [5, 5.41) is 3.92. The van der Waals surface area contributed by atoms with Gasteiger partial charge in [-0.15, -0.1) is 0 Å². The van der Waals surface area contributed by atoms with Gasteiger partial charge in [0.2, 0.25) is 0 Å². The zero-order chi connectivity index (χ0) is 22.4. The van der Waals surface area contributed by atoms with E-state index >= 15 is 0 Å². The first-order valence-electron chi connectivity index (χ1n) is 9.64. The first-order valence-corrected chi connectivity index (χ1v) is 9.64. The second-order valence-corrected chi connectivity index (χ2v) is 7.08. The Kier molecular flexibility index (Phi) is 6.81. The van der Waals surface area contributed by atoms with E-state index in [0.29, 0.717) is 29.4 Å². The fourth-order valence-electron chi connectivity index (χ4n) is 2.91. The number of aromatic amines is 1. The van der Waals surface area contributed by atoms with Crippen LogP contribution in [-0.4, -0.2) is 29.2 Å². The average Bonchev–Trinajstić information content (AvgIpc) is 2.74. The fourth-order valence-corrected chi connectivity index (χ4v) is 2.91. The van der Waals surface area contributed by atoms with E-state index in [0.717, 1.165) is 11.1 Å². The molecule has 0 atom stereocenters. The summed E-state index contributed by atoms with van der Waals surface area (Å²) in [5.74, 6) is 0.575. The topological polar surface area (TPSA) is 106 Å². The molecular weight excluding hydrogens is 396 g/mol. The highest BCUT2D eigenvalue weighted by Gasteiger charge is 2.09. The van der Waals surface area contributed by atoms with Crippen LogP contribution >= 0.6 is 0 Å². The van der Waals surface area contributed by atoms with Crippen molar-refractivity contribution in [3.05, 3.63) is 86.6 Å². The highest BCUT2D eigenvalue weighted by Crippen LogP contribution is 2.28. The molecule has 1 amide bonds. The van der Waals surface area contributed by atoms with E-state index in [1.54, 1.807) is 32.2 Å². The Labute approximate surface area is 180 Å². The number of nitrogens with zero attached hydrogens (tertiary/aromatic N) is 2. The first-order chi connectivity index (χ1) is 14.9. The Morgan fingerprint density at radius 2 is 1.94 bits per heavy atom. The summed E-state index contributed by atoms with van der Waals surface area (Å²) < 4.78 is 11.4. The number of methoxy groups -OCH3 is 1. The third kappa shape index (κ3) is 5.79. The SMILES string of the molecule is COc1cc(/C=N/NC(=O)c2cc(C)[nH]c(=O)n2)ccc1OCc1cc(C)ccc1C. The summed E-state index contributed by atoms with van der Waals surface area (Å²) in [7, 11) is 1.56. The van der Waals surface area contributed by atoms with E-state index in [4.69, 9.17) is 9.47 Å². The van der Waals surface area contributed by atoms with Gasteiger partial charge in [-0.2, -0.15) is 10.1 Å². The predicted octanol–water partition coefficient (Wildman–Crippen LogP) is 3.05. The minimum absolute atomic E-state index is 0.00818. The highest BCUT2D eigenvalue weighted by atomic mass is 16.5. The summed E-state index contributed by atoms with van der Waals surface area (Å²) >= 11 is 0. The van der Waals surface area contributed by atoms with Crippen LogP contribution < -0.4 is 20.6 Å². The zero-order valence-electron chi connectivity index (χ0n) is 17.9. The molecule has 0 saturated carbocycles. The smallest absolute Gasteiger partial charge is 0.345 e. The summed E-state index contributed by atoms with van der Waals surface area (Å²) in [6.07, 6.45) is 1.47. The van der Waals surface area contributed by atoms with Crippen molar-refractivity contribution in [2.45, 2.75) is 27.4 Å². The number of aromatic nitrogens is 2. The second kappa shape index (κ2) is 9.71. The monoisotopic (exact) mass is 420 g/mol. The number of ether oxygens (including phenoxy) is 2. The van der Waals surface area contributed by atoms with E-state index in [9.17, 15) is 9.59 Å². The molecule has 0 saturated heterocycles. The fraction of sp³-hybridized carbons (Fsp3) is 0.217. The molecule has 8 heteroatoms. The van der Waals surface area contributed by atoms with Crippen LogP contribution in [0.3, 0.4) is 0 Å². The van der Waals surface area contributed by atoms with Gasteiger partial charge in [-0.25, -0.2) is 10.2 Å². The molecule has 0 unspecified atom stereocenters. The van der Waals surface area contributed by atoms with Gasteiger partial charge in [0.15, 0.2) is 11.5 Å². The minimum Gasteiger partial charge on any atom is -0.493 e. The molecule has 1 heterocycles. The van der Waals surface area contributed by atoms with Crippen LogP contribution in [0.1, 0.15) is 38.4 Å². The third-order valence-electron chi connectivity index (χ3n) is 4.57. The number of rotatable bonds is 7. The number of carbonyl (C=O) groups is 1. The summed E-state index contributed by atoms with van der Waals surface area (Å²) in [6, 6.07) is 13.0. The van der Waals surface area contributed by atoms with E-state index in [1.807, 2.05) is 13.8 Å². The molecule has 31 heavy (non-hydrogen) atoms. The van der Waals surface area contributed by atoms with Gasteiger partial charge >= 0.3 is 5.69 Å². The van der Waals surface area contributed by atoms with Gasteiger partial charge in [-0.05, 0) is 61.7 Å². The van der Waals surface area contributed by atoms with Crippen LogP contribution in [-0.2, 0) is 6.61 Å². The number of H-pyrrole nitrogens is 1. The van der Waals surface area contributed by atoms with Crippen molar-refractivity contribution >= 4 is 12.1 Å². The van der Waals surface area contributed by atoms with Crippen molar-refractivity contribution in [3.8, 4) is 11.5 Å². The van der Waals surface area contributed by atoms with Crippen LogP contribution in [0.15, 0.2) is 52.4 Å². The molecule has 2 N–H and O–H groups in total. The lowest BCUT2D eigenvalue weighted by atomic mass is 10.1. The number of carbonyl (C=O) groups excluding carboxylic acids is 1. The molecule has 3 rings (SSSR count). The first kappa shape index (κ1) is 21.8. The maximum absolute atomic E-state index is 12.1. The van der Waals surface area contributed by atoms with Crippen molar-refractivity contribution in [2.24, 2.45) is 5.10 Å². The maximum atomic E-state index is 12.1.